The van der Waals surface area contributed by atoms with E-state index in [0.717, 1.165) is 30.6 Å². The second-order valence-electron chi connectivity index (χ2n) is 9.67. The van der Waals surface area contributed by atoms with Gasteiger partial charge in [0.2, 0.25) is 0 Å². The van der Waals surface area contributed by atoms with Crippen molar-refractivity contribution in [1.29, 1.82) is 0 Å². The van der Waals surface area contributed by atoms with Gasteiger partial charge in [-0.15, -0.1) is 0 Å². The monoisotopic (exact) mass is 338 g/mol. The zero-order valence-corrected chi connectivity index (χ0v) is 17.3. The molecule has 0 aromatic carbocycles. The van der Waals surface area contributed by atoms with Gasteiger partial charge in [0.05, 0.1) is 0 Å². The fourth-order valence-electron chi connectivity index (χ4n) is 5.89. The van der Waals surface area contributed by atoms with E-state index in [1.165, 1.54) is 51.4 Å². The molecule has 2 saturated carbocycles. The van der Waals surface area contributed by atoms with Crippen molar-refractivity contribution in [3.63, 3.8) is 0 Å². The van der Waals surface area contributed by atoms with Crippen molar-refractivity contribution in [2.75, 3.05) is 0 Å². The van der Waals surface area contributed by atoms with Gasteiger partial charge in [-0.05, 0) is 60.2 Å². The van der Waals surface area contributed by atoms with E-state index in [4.69, 9.17) is 9.90 Å². The van der Waals surface area contributed by atoms with E-state index in [9.17, 15) is 0 Å². The molecule has 24 heavy (non-hydrogen) atoms. The summed E-state index contributed by atoms with van der Waals surface area (Å²) in [4.78, 5) is 9.00. The molecule has 2 rings (SSSR count). The number of carboxylic acids is 1. The van der Waals surface area contributed by atoms with Crippen LogP contribution in [-0.4, -0.2) is 11.1 Å². The minimum Gasteiger partial charge on any atom is -0.481 e. The van der Waals surface area contributed by atoms with Gasteiger partial charge in [0, 0.05) is 6.92 Å². The van der Waals surface area contributed by atoms with Gasteiger partial charge in [-0.2, -0.15) is 0 Å². The number of carboxylic acid groups (broad SMARTS) is 1. The number of aliphatic carboxylic acids is 1. The molecule has 142 valence electrons. The van der Waals surface area contributed by atoms with Crippen LogP contribution in [0.2, 0.25) is 0 Å². The summed E-state index contributed by atoms with van der Waals surface area (Å²) in [5.74, 6) is 2.99. The molecule has 0 unspecified atom stereocenters. The highest BCUT2D eigenvalue weighted by atomic mass is 16.4. The minimum absolute atomic E-state index is 0.585. The summed E-state index contributed by atoms with van der Waals surface area (Å²) in [5.41, 5.74) is 1.22. The Morgan fingerprint density at radius 1 is 1.21 bits per heavy atom. The molecule has 2 nitrogen and oxygen atoms in total. The largest absolute Gasteiger partial charge is 0.481 e. The zero-order valence-electron chi connectivity index (χ0n) is 17.3. The van der Waals surface area contributed by atoms with Crippen molar-refractivity contribution in [2.45, 2.75) is 99.8 Å². The van der Waals surface area contributed by atoms with Crippen LogP contribution in [0.1, 0.15) is 99.8 Å². The molecule has 2 aliphatic rings. The summed E-state index contributed by atoms with van der Waals surface area (Å²) in [6.07, 6.45) is 11.7. The van der Waals surface area contributed by atoms with Crippen LogP contribution in [0, 0.1) is 34.5 Å². The van der Waals surface area contributed by atoms with Crippen molar-refractivity contribution in [3.05, 3.63) is 0 Å². The van der Waals surface area contributed by atoms with Gasteiger partial charge in [-0.1, -0.05) is 67.2 Å². The third kappa shape index (κ3) is 5.23. The fourth-order valence-corrected chi connectivity index (χ4v) is 5.89. The topological polar surface area (TPSA) is 37.3 Å². The van der Waals surface area contributed by atoms with Crippen LogP contribution < -0.4 is 0 Å². The van der Waals surface area contributed by atoms with Crippen LogP contribution in [0.5, 0.6) is 0 Å². The summed E-state index contributed by atoms with van der Waals surface area (Å²) in [6, 6.07) is 0. The van der Waals surface area contributed by atoms with E-state index in [-0.39, 0.29) is 0 Å². The third-order valence-electron chi connectivity index (χ3n) is 7.39. The van der Waals surface area contributed by atoms with E-state index in [2.05, 4.69) is 41.5 Å². The van der Waals surface area contributed by atoms with E-state index in [0.29, 0.717) is 10.8 Å². The molecule has 0 aliphatic heterocycles. The first-order valence-electron chi connectivity index (χ1n) is 10.2. The van der Waals surface area contributed by atoms with Crippen LogP contribution in [0.3, 0.4) is 0 Å². The average molecular weight is 339 g/mol. The Kier molecular flexibility index (Phi) is 7.81. The second kappa shape index (κ2) is 8.72. The van der Waals surface area contributed by atoms with Crippen LogP contribution in [0.4, 0.5) is 0 Å². The SMILES string of the molecule is CC(=O)O.CC[C@@H](C)CC[C@H]1[C@@H](C)CC[C@H]2C(C)(C)CCC[C@]12C. The Labute approximate surface area is 150 Å². The third-order valence-corrected chi connectivity index (χ3v) is 7.39. The molecule has 0 spiro atoms. The lowest BCUT2D eigenvalue weighted by atomic mass is 9.46. The summed E-state index contributed by atoms with van der Waals surface area (Å²) in [6.45, 7) is 16.2. The standard InChI is InChI=1S/C20H38.C2H4O2/c1-7-15(2)9-11-17-16(3)10-12-18-19(4,5)13-8-14-20(17,18)6;1-2(3)4/h15-18H,7-14H2,1-6H3;1H3,(H,3,4)/t15-,16+,17+,18+,20-;/m1./s1. The highest BCUT2D eigenvalue weighted by Crippen LogP contribution is 2.62. The number of carbonyl (C=O) groups is 1. The Morgan fingerprint density at radius 2 is 1.79 bits per heavy atom. The quantitative estimate of drug-likeness (QED) is 0.613. The first-order chi connectivity index (χ1) is 11.0. The van der Waals surface area contributed by atoms with Crippen molar-refractivity contribution >= 4 is 5.97 Å². The van der Waals surface area contributed by atoms with E-state index >= 15 is 0 Å². The van der Waals surface area contributed by atoms with Crippen molar-refractivity contribution in [3.8, 4) is 0 Å². The summed E-state index contributed by atoms with van der Waals surface area (Å²) < 4.78 is 0. The highest BCUT2D eigenvalue weighted by Gasteiger charge is 2.53. The maximum atomic E-state index is 9.00. The normalized spacial score (nSPS) is 36.0. The van der Waals surface area contributed by atoms with Crippen LogP contribution in [0.25, 0.3) is 0 Å². The van der Waals surface area contributed by atoms with Gasteiger partial charge >= 0.3 is 0 Å². The molecular formula is C22H42O2. The maximum absolute atomic E-state index is 9.00. The van der Waals surface area contributed by atoms with Gasteiger partial charge in [0.25, 0.3) is 5.97 Å². The fraction of sp³-hybridized carbons (Fsp3) is 0.955. The predicted octanol–water partition coefficient (Wildman–Crippen LogP) is 6.78. The molecule has 0 bridgehead atoms. The molecule has 2 heteroatoms. The van der Waals surface area contributed by atoms with E-state index < -0.39 is 5.97 Å². The lowest BCUT2D eigenvalue weighted by Crippen LogP contribution is -2.51. The highest BCUT2D eigenvalue weighted by molar-refractivity contribution is 5.62. The average Bonchev–Trinajstić information content (AvgIpc) is 2.44. The molecule has 2 aliphatic carbocycles. The van der Waals surface area contributed by atoms with E-state index in [1.54, 1.807) is 0 Å². The molecule has 5 atom stereocenters. The number of hydrogen-bond acceptors (Lipinski definition) is 1. The molecule has 0 radical (unpaired) electrons. The van der Waals surface area contributed by atoms with Crippen molar-refractivity contribution in [2.24, 2.45) is 34.5 Å². The lowest BCUT2D eigenvalue weighted by Gasteiger charge is -2.59. The number of fused-ring (bicyclic) bond motifs is 1. The molecule has 2 fully saturated rings. The maximum Gasteiger partial charge on any atom is 0.300 e. The van der Waals surface area contributed by atoms with Gasteiger partial charge in [-0.25, -0.2) is 0 Å². The summed E-state index contributed by atoms with van der Waals surface area (Å²) in [5, 5.41) is 7.42. The Hall–Kier alpha value is -0.530. The molecule has 0 amide bonds. The second-order valence-corrected chi connectivity index (χ2v) is 9.67. The molecular weight excluding hydrogens is 296 g/mol. The molecule has 0 heterocycles. The Morgan fingerprint density at radius 3 is 2.33 bits per heavy atom. The smallest absolute Gasteiger partial charge is 0.300 e. The summed E-state index contributed by atoms with van der Waals surface area (Å²) in [7, 11) is 0. The van der Waals surface area contributed by atoms with Crippen LogP contribution >= 0.6 is 0 Å². The Bertz CT molecular complexity index is 397. The predicted molar refractivity (Wildman–Crippen MR) is 103 cm³/mol. The molecule has 0 aromatic rings. The molecule has 0 aromatic heterocycles. The molecule has 0 saturated heterocycles. The first-order valence-corrected chi connectivity index (χ1v) is 10.2. The van der Waals surface area contributed by atoms with E-state index in [1.807, 2.05) is 0 Å². The van der Waals surface area contributed by atoms with Crippen molar-refractivity contribution in [1.82, 2.24) is 0 Å². The van der Waals surface area contributed by atoms with Gasteiger partial charge < -0.3 is 5.11 Å². The van der Waals surface area contributed by atoms with Gasteiger partial charge in [0.1, 0.15) is 0 Å². The summed E-state index contributed by atoms with van der Waals surface area (Å²) >= 11 is 0. The first kappa shape index (κ1) is 21.5. The van der Waals surface area contributed by atoms with Crippen molar-refractivity contribution < 1.29 is 9.90 Å². The zero-order chi connectivity index (χ0) is 18.5. The number of hydrogen-bond donors (Lipinski definition) is 1. The van der Waals surface area contributed by atoms with Crippen LogP contribution in [-0.2, 0) is 4.79 Å². The van der Waals surface area contributed by atoms with Crippen LogP contribution in [0.15, 0.2) is 0 Å². The lowest BCUT2D eigenvalue weighted by molar-refractivity contribution is -0.134. The van der Waals surface area contributed by atoms with Gasteiger partial charge in [0.15, 0.2) is 0 Å². The Balaban J connectivity index is 0.000000648. The minimum atomic E-state index is -0.833. The van der Waals surface area contributed by atoms with Gasteiger partial charge in [-0.3, -0.25) is 4.79 Å². The number of rotatable bonds is 4. The molecule has 1 N–H and O–H groups in total.